The van der Waals surface area contributed by atoms with Gasteiger partial charge in [-0.25, -0.2) is 0 Å². The van der Waals surface area contributed by atoms with Gasteiger partial charge in [0, 0.05) is 21.2 Å². The van der Waals surface area contributed by atoms with Gasteiger partial charge in [-0.1, -0.05) is 61.8 Å². The zero-order valence-corrected chi connectivity index (χ0v) is 15.0. The average molecular weight is 351 g/mol. The molecule has 1 N–H and O–H groups in total. The molecule has 0 saturated heterocycles. The molecule has 0 spiro atoms. The van der Waals surface area contributed by atoms with Crippen LogP contribution >= 0.6 is 11.6 Å². The van der Waals surface area contributed by atoms with Crippen LogP contribution in [0.1, 0.15) is 19.4 Å². The summed E-state index contributed by atoms with van der Waals surface area (Å²) in [7, 11) is 0. The SMILES string of the molecule is CC(C)(CO)c1cc(Cl)ccc1-c1cccc2oc3ccccc3c12. The highest BCUT2D eigenvalue weighted by Gasteiger charge is 2.25. The molecular weight excluding hydrogens is 332 g/mol. The fourth-order valence-corrected chi connectivity index (χ4v) is 3.57. The van der Waals surface area contributed by atoms with E-state index in [1.165, 1.54) is 0 Å². The van der Waals surface area contributed by atoms with E-state index in [1.807, 2.05) is 62.4 Å². The van der Waals surface area contributed by atoms with Crippen LogP contribution in [0, 0.1) is 0 Å². The van der Waals surface area contributed by atoms with Crippen LogP contribution in [0.3, 0.4) is 0 Å². The van der Waals surface area contributed by atoms with Crippen LogP contribution in [0.25, 0.3) is 33.1 Å². The molecule has 0 aliphatic heterocycles. The summed E-state index contributed by atoms with van der Waals surface area (Å²) in [6.07, 6.45) is 0. The molecule has 0 saturated carbocycles. The van der Waals surface area contributed by atoms with E-state index in [0.717, 1.165) is 38.6 Å². The second-order valence-corrected chi connectivity index (χ2v) is 7.45. The molecule has 0 atom stereocenters. The third-order valence-corrected chi connectivity index (χ3v) is 5.03. The minimum Gasteiger partial charge on any atom is -0.456 e. The lowest BCUT2D eigenvalue weighted by molar-refractivity contribution is 0.219. The second-order valence-electron chi connectivity index (χ2n) is 7.01. The number of hydrogen-bond acceptors (Lipinski definition) is 2. The molecular formula is C22H19ClO2. The molecule has 3 aromatic carbocycles. The molecule has 2 nitrogen and oxygen atoms in total. The maximum atomic E-state index is 9.89. The Balaban J connectivity index is 2.10. The van der Waals surface area contributed by atoms with Crippen LogP contribution in [-0.2, 0) is 5.41 Å². The maximum absolute atomic E-state index is 9.89. The third kappa shape index (κ3) is 2.62. The highest BCUT2D eigenvalue weighted by Crippen LogP contribution is 2.41. The first kappa shape index (κ1) is 16.2. The summed E-state index contributed by atoms with van der Waals surface area (Å²) in [5.41, 5.74) is 4.53. The quantitative estimate of drug-likeness (QED) is 0.479. The minimum absolute atomic E-state index is 0.0441. The standard InChI is InChI=1S/C22H19ClO2/c1-22(2,13-24)18-12-14(23)10-11-15(18)16-7-5-9-20-21(16)17-6-3-4-8-19(17)25-20/h3-12,24H,13H2,1-2H3. The van der Waals surface area contributed by atoms with Crippen molar-refractivity contribution in [2.75, 3.05) is 6.61 Å². The number of halogens is 1. The van der Waals surface area contributed by atoms with Crippen molar-refractivity contribution in [1.29, 1.82) is 0 Å². The van der Waals surface area contributed by atoms with Gasteiger partial charge >= 0.3 is 0 Å². The molecule has 0 unspecified atom stereocenters. The summed E-state index contributed by atoms with van der Waals surface area (Å²) >= 11 is 6.26. The highest BCUT2D eigenvalue weighted by atomic mass is 35.5. The third-order valence-electron chi connectivity index (χ3n) is 4.80. The summed E-state index contributed by atoms with van der Waals surface area (Å²) in [4.78, 5) is 0. The molecule has 0 fully saturated rings. The molecule has 0 aliphatic carbocycles. The minimum atomic E-state index is -0.401. The molecule has 25 heavy (non-hydrogen) atoms. The fourth-order valence-electron chi connectivity index (χ4n) is 3.40. The number of fused-ring (bicyclic) bond motifs is 3. The van der Waals surface area contributed by atoms with Crippen molar-refractivity contribution in [3.05, 3.63) is 71.2 Å². The van der Waals surface area contributed by atoms with E-state index in [1.54, 1.807) is 0 Å². The van der Waals surface area contributed by atoms with Crippen molar-refractivity contribution in [3.63, 3.8) is 0 Å². The zero-order chi connectivity index (χ0) is 17.6. The van der Waals surface area contributed by atoms with Gasteiger partial charge in [0.1, 0.15) is 11.2 Å². The largest absolute Gasteiger partial charge is 0.456 e. The van der Waals surface area contributed by atoms with Crippen LogP contribution < -0.4 is 0 Å². The van der Waals surface area contributed by atoms with E-state index >= 15 is 0 Å². The molecule has 4 rings (SSSR count). The highest BCUT2D eigenvalue weighted by molar-refractivity contribution is 6.30. The lowest BCUT2D eigenvalue weighted by atomic mass is 9.80. The van der Waals surface area contributed by atoms with Gasteiger partial charge < -0.3 is 9.52 Å². The number of aliphatic hydroxyl groups excluding tert-OH is 1. The van der Waals surface area contributed by atoms with Crippen LogP contribution in [0.5, 0.6) is 0 Å². The van der Waals surface area contributed by atoms with Crippen molar-refractivity contribution in [2.45, 2.75) is 19.3 Å². The number of rotatable bonds is 3. The van der Waals surface area contributed by atoms with Crippen molar-refractivity contribution < 1.29 is 9.52 Å². The van der Waals surface area contributed by atoms with Gasteiger partial charge in [-0.15, -0.1) is 0 Å². The van der Waals surface area contributed by atoms with Crippen LogP contribution in [0.15, 0.2) is 65.1 Å². The Bertz CT molecular complexity index is 1080. The van der Waals surface area contributed by atoms with E-state index in [0.29, 0.717) is 5.02 Å². The predicted molar refractivity (Wildman–Crippen MR) is 104 cm³/mol. The first-order chi connectivity index (χ1) is 12.0. The summed E-state index contributed by atoms with van der Waals surface area (Å²) in [6.45, 7) is 4.09. The average Bonchev–Trinajstić information content (AvgIpc) is 3.00. The molecule has 0 bridgehead atoms. The monoisotopic (exact) mass is 350 g/mol. The van der Waals surface area contributed by atoms with Gasteiger partial charge in [-0.05, 0) is 41.0 Å². The van der Waals surface area contributed by atoms with Gasteiger partial charge in [0.05, 0.1) is 6.61 Å². The summed E-state index contributed by atoms with van der Waals surface area (Å²) in [5, 5.41) is 12.8. The number of para-hydroxylation sites is 1. The summed E-state index contributed by atoms with van der Waals surface area (Å²) in [5.74, 6) is 0. The Morgan fingerprint density at radius 3 is 2.48 bits per heavy atom. The van der Waals surface area contributed by atoms with Crippen molar-refractivity contribution in [1.82, 2.24) is 0 Å². The van der Waals surface area contributed by atoms with Crippen molar-refractivity contribution in [2.24, 2.45) is 0 Å². The Hall–Kier alpha value is -2.29. The van der Waals surface area contributed by atoms with Crippen LogP contribution in [0.2, 0.25) is 5.02 Å². The molecule has 1 aromatic heterocycles. The van der Waals surface area contributed by atoms with Crippen LogP contribution in [-0.4, -0.2) is 11.7 Å². The first-order valence-corrected chi connectivity index (χ1v) is 8.70. The Kier molecular flexibility index (Phi) is 3.82. The van der Waals surface area contributed by atoms with Gasteiger partial charge in [-0.3, -0.25) is 0 Å². The topological polar surface area (TPSA) is 33.4 Å². The Morgan fingerprint density at radius 1 is 0.920 bits per heavy atom. The van der Waals surface area contributed by atoms with E-state index in [-0.39, 0.29) is 6.61 Å². The number of benzene rings is 3. The predicted octanol–water partition coefficient (Wildman–Crippen LogP) is 6.18. The lowest BCUT2D eigenvalue weighted by Crippen LogP contribution is -2.23. The molecule has 0 amide bonds. The molecule has 4 aromatic rings. The van der Waals surface area contributed by atoms with E-state index in [9.17, 15) is 5.11 Å². The van der Waals surface area contributed by atoms with Gasteiger partial charge in [0.2, 0.25) is 0 Å². The van der Waals surface area contributed by atoms with E-state index < -0.39 is 5.41 Å². The van der Waals surface area contributed by atoms with E-state index in [2.05, 4.69) is 12.1 Å². The molecule has 1 heterocycles. The molecule has 3 heteroatoms. The smallest absolute Gasteiger partial charge is 0.136 e. The number of hydrogen-bond donors (Lipinski definition) is 1. The maximum Gasteiger partial charge on any atom is 0.136 e. The van der Waals surface area contributed by atoms with Crippen molar-refractivity contribution >= 4 is 33.5 Å². The fraction of sp³-hybridized carbons (Fsp3) is 0.182. The van der Waals surface area contributed by atoms with Gasteiger partial charge in [0.15, 0.2) is 0 Å². The normalized spacial score (nSPS) is 12.2. The van der Waals surface area contributed by atoms with Gasteiger partial charge in [-0.2, -0.15) is 0 Å². The summed E-state index contributed by atoms with van der Waals surface area (Å²) < 4.78 is 6.01. The van der Waals surface area contributed by atoms with Crippen LogP contribution in [0.4, 0.5) is 0 Å². The summed E-state index contributed by atoms with van der Waals surface area (Å²) in [6, 6.07) is 20.0. The number of furan rings is 1. The second kappa shape index (κ2) is 5.91. The van der Waals surface area contributed by atoms with E-state index in [4.69, 9.17) is 16.0 Å². The molecule has 0 radical (unpaired) electrons. The first-order valence-electron chi connectivity index (χ1n) is 8.33. The Morgan fingerprint density at radius 2 is 1.68 bits per heavy atom. The Labute approximate surface area is 151 Å². The molecule has 126 valence electrons. The zero-order valence-electron chi connectivity index (χ0n) is 14.2. The number of aliphatic hydroxyl groups is 1. The van der Waals surface area contributed by atoms with Crippen molar-refractivity contribution in [3.8, 4) is 11.1 Å². The van der Waals surface area contributed by atoms with Gasteiger partial charge in [0.25, 0.3) is 0 Å². The lowest BCUT2D eigenvalue weighted by Gasteiger charge is -2.26. The molecule has 0 aliphatic rings.